The van der Waals surface area contributed by atoms with E-state index < -0.39 is 0 Å². The fraction of sp³-hybridized carbons (Fsp3) is 0.312. The number of nitrogens with two attached hydrogens (primary N) is 2. The van der Waals surface area contributed by atoms with Crippen molar-refractivity contribution in [2.24, 2.45) is 21.5 Å². The van der Waals surface area contributed by atoms with Crippen molar-refractivity contribution in [3.63, 3.8) is 0 Å². The highest BCUT2D eigenvalue weighted by Crippen LogP contribution is 2.21. The van der Waals surface area contributed by atoms with Gasteiger partial charge >= 0.3 is 0 Å². The number of hydrogen-bond donors (Lipinski definition) is 2. The Hall–Kier alpha value is -2.96. The second kappa shape index (κ2) is 20.1. The molecule has 0 fully saturated rings. The lowest BCUT2D eigenvalue weighted by Gasteiger charge is -1.99. The second-order valence-electron chi connectivity index (χ2n) is 8.73. The standard InChI is InChI=1S/2C11H10N2.C10H22S2/c2*12-8-13-11-6-5-9-3-1-2-4-10(9)7-11;1-11-9-7-5-3-4-6-8-10-12-2/h2*1-8H,(H2,12,13);3-10H2,1-2H3. The number of nitrogens with zero attached hydrogens (tertiary/aromatic N) is 2. The van der Waals surface area contributed by atoms with E-state index in [1.54, 1.807) is 0 Å². The molecular weight excluding hydrogens is 505 g/mol. The maximum absolute atomic E-state index is 5.21. The van der Waals surface area contributed by atoms with E-state index in [1.165, 1.54) is 84.3 Å². The molecule has 0 heterocycles. The summed E-state index contributed by atoms with van der Waals surface area (Å²) < 4.78 is 0. The molecule has 0 spiro atoms. The van der Waals surface area contributed by atoms with E-state index in [9.17, 15) is 0 Å². The lowest BCUT2D eigenvalue weighted by molar-refractivity contribution is 0.629. The number of hydrogen-bond acceptors (Lipinski definition) is 4. The average molecular weight is 547 g/mol. The molecule has 0 unspecified atom stereocenters. The molecule has 4 N–H and O–H groups in total. The van der Waals surface area contributed by atoms with E-state index >= 15 is 0 Å². The molecule has 0 aromatic heterocycles. The maximum Gasteiger partial charge on any atom is 0.0860 e. The maximum atomic E-state index is 5.21. The SMILES string of the molecule is CSCCCCCCCCSC.NC=Nc1ccc2ccccc2c1.NC=Nc1ccc2ccccc2c1. The quantitative estimate of drug-likeness (QED) is 0.112. The molecule has 4 nitrogen and oxygen atoms in total. The molecule has 6 heteroatoms. The molecule has 0 atom stereocenters. The van der Waals surface area contributed by atoms with Crippen molar-refractivity contribution in [2.75, 3.05) is 24.0 Å². The Morgan fingerprint density at radius 3 is 1.26 bits per heavy atom. The number of aliphatic imine (C=N–C) groups is 2. The van der Waals surface area contributed by atoms with Crippen molar-refractivity contribution in [2.45, 2.75) is 38.5 Å². The molecule has 202 valence electrons. The molecule has 38 heavy (non-hydrogen) atoms. The Bertz CT molecular complexity index is 1140. The number of unbranched alkanes of at least 4 members (excludes halogenated alkanes) is 5. The molecule has 0 radical (unpaired) electrons. The van der Waals surface area contributed by atoms with Gasteiger partial charge in [0.2, 0.25) is 0 Å². The first-order chi connectivity index (χ1) is 18.7. The van der Waals surface area contributed by atoms with Gasteiger partial charge < -0.3 is 11.5 Å². The zero-order valence-electron chi connectivity index (χ0n) is 22.8. The van der Waals surface area contributed by atoms with Crippen LogP contribution in [-0.4, -0.2) is 36.7 Å². The first kappa shape index (κ1) is 31.3. The van der Waals surface area contributed by atoms with Crippen LogP contribution in [0.4, 0.5) is 11.4 Å². The minimum atomic E-state index is 0.890. The van der Waals surface area contributed by atoms with Gasteiger partial charge in [-0.05, 0) is 82.7 Å². The van der Waals surface area contributed by atoms with Gasteiger partial charge in [0.25, 0.3) is 0 Å². The second-order valence-corrected chi connectivity index (χ2v) is 10.7. The molecule has 0 amide bonds. The van der Waals surface area contributed by atoms with Crippen LogP contribution in [-0.2, 0) is 0 Å². The van der Waals surface area contributed by atoms with E-state index in [-0.39, 0.29) is 0 Å². The third-order valence-electron chi connectivity index (χ3n) is 5.86. The van der Waals surface area contributed by atoms with Gasteiger partial charge in [-0.15, -0.1) is 0 Å². The molecule has 4 aromatic rings. The molecule has 0 saturated carbocycles. The third-order valence-corrected chi connectivity index (χ3v) is 7.25. The van der Waals surface area contributed by atoms with E-state index in [0.29, 0.717) is 0 Å². The van der Waals surface area contributed by atoms with E-state index in [4.69, 9.17) is 11.5 Å². The molecule has 4 aromatic carbocycles. The summed E-state index contributed by atoms with van der Waals surface area (Å²) in [4.78, 5) is 8.02. The minimum absolute atomic E-state index is 0.890. The van der Waals surface area contributed by atoms with E-state index in [1.807, 2.05) is 84.2 Å². The van der Waals surface area contributed by atoms with Crippen molar-refractivity contribution in [1.82, 2.24) is 0 Å². The van der Waals surface area contributed by atoms with Crippen molar-refractivity contribution < 1.29 is 0 Å². The summed E-state index contributed by atoms with van der Waals surface area (Å²) in [5.41, 5.74) is 12.2. The smallest absolute Gasteiger partial charge is 0.0860 e. The fourth-order valence-corrected chi connectivity index (χ4v) is 4.87. The van der Waals surface area contributed by atoms with Gasteiger partial charge in [0, 0.05) is 0 Å². The normalized spacial score (nSPS) is 10.9. The largest absolute Gasteiger partial charge is 0.390 e. The van der Waals surface area contributed by atoms with Crippen LogP contribution in [0.1, 0.15) is 38.5 Å². The highest BCUT2D eigenvalue weighted by molar-refractivity contribution is 7.98. The van der Waals surface area contributed by atoms with Crippen molar-refractivity contribution >= 4 is 69.1 Å². The molecule has 0 saturated heterocycles. The van der Waals surface area contributed by atoms with Crippen LogP contribution in [0.15, 0.2) is 94.9 Å². The highest BCUT2D eigenvalue weighted by atomic mass is 32.2. The summed E-state index contributed by atoms with van der Waals surface area (Å²) in [6.45, 7) is 0. The van der Waals surface area contributed by atoms with E-state index in [0.717, 1.165) is 11.4 Å². The summed E-state index contributed by atoms with van der Waals surface area (Å²) in [5, 5.41) is 4.81. The third kappa shape index (κ3) is 12.5. The van der Waals surface area contributed by atoms with Crippen LogP contribution in [0.3, 0.4) is 0 Å². The van der Waals surface area contributed by atoms with Crippen molar-refractivity contribution in [3.05, 3.63) is 84.9 Å². The first-order valence-electron chi connectivity index (χ1n) is 13.2. The summed E-state index contributed by atoms with van der Waals surface area (Å²) in [7, 11) is 0. The van der Waals surface area contributed by atoms with Gasteiger partial charge in [-0.25, -0.2) is 9.98 Å². The Balaban J connectivity index is 0.000000201. The Morgan fingerprint density at radius 2 is 0.895 bits per heavy atom. The summed E-state index contributed by atoms with van der Waals surface area (Å²) in [6, 6.07) is 28.3. The number of fused-ring (bicyclic) bond motifs is 2. The minimum Gasteiger partial charge on any atom is -0.390 e. The molecule has 0 aliphatic rings. The Labute approximate surface area is 237 Å². The topological polar surface area (TPSA) is 76.8 Å². The van der Waals surface area contributed by atoms with Crippen molar-refractivity contribution in [3.8, 4) is 0 Å². The van der Waals surface area contributed by atoms with Gasteiger partial charge in [0.1, 0.15) is 0 Å². The summed E-state index contributed by atoms with van der Waals surface area (Å²) >= 11 is 3.94. The van der Waals surface area contributed by atoms with Crippen LogP contribution >= 0.6 is 23.5 Å². The number of thioether (sulfide) groups is 2. The number of rotatable bonds is 11. The van der Waals surface area contributed by atoms with Gasteiger partial charge in [-0.1, -0.05) is 86.3 Å². The van der Waals surface area contributed by atoms with Crippen LogP contribution < -0.4 is 11.5 Å². The Morgan fingerprint density at radius 1 is 0.526 bits per heavy atom. The lowest BCUT2D eigenvalue weighted by atomic mass is 10.1. The summed E-state index contributed by atoms with van der Waals surface area (Å²) in [5.74, 6) is 2.70. The van der Waals surface area contributed by atoms with Gasteiger partial charge in [-0.3, -0.25) is 0 Å². The molecule has 4 rings (SSSR count). The summed E-state index contributed by atoms with van der Waals surface area (Å²) in [6.07, 6.45) is 15.6. The first-order valence-corrected chi connectivity index (χ1v) is 15.9. The number of benzene rings is 4. The van der Waals surface area contributed by atoms with E-state index in [2.05, 4.69) is 46.8 Å². The Kier molecular flexibility index (Phi) is 16.5. The molecular formula is C32H42N4S2. The van der Waals surface area contributed by atoms with Crippen LogP contribution in [0, 0.1) is 0 Å². The van der Waals surface area contributed by atoms with Crippen LogP contribution in [0.5, 0.6) is 0 Å². The zero-order valence-corrected chi connectivity index (χ0v) is 24.4. The van der Waals surface area contributed by atoms with Crippen LogP contribution in [0.2, 0.25) is 0 Å². The average Bonchev–Trinajstić information content (AvgIpc) is 2.95. The lowest BCUT2D eigenvalue weighted by Crippen LogP contribution is -1.86. The molecule has 0 bridgehead atoms. The monoisotopic (exact) mass is 546 g/mol. The predicted octanol–water partition coefficient (Wildman–Crippen LogP) is 8.97. The molecule has 0 aliphatic heterocycles. The fourth-order valence-electron chi connectivity index (χ4n) is 3.89. The molecule has 0 aliphatic carbocycles. The van der Waals surface area contributed by atoms with Gasteiger partial charge in [-0.2, -0.15) is 23.5 Å². The van der Waals surface area contributed by atoms with Gasteiger partial charge in [0.05, 0.1) is 24.1 Å². The zero-order chi connectivity index (χ0) is 27.3. The van der Waals surface area contributed by atoms with Crippen LogP contribution in [0.25, 0.3) is 21.5 Å². The predicted molar refractivity (Wildman–Crippen MR) is 177 cm³/mol. The highest BCUT2D eigenvalue weighted by Gasteiger charge is 1.94. The van der Waals surface area contributed by atoms with Gasteiger partial charge in [0.15, 0.2) is 0 Å². The van der Waals surface area contributed by atoms with Crippen molar-refractivity contribution in [1.29, 1.82) is 0 Å².